The van der Waals surface area contributed by atoms with Gasteiger partial charge in [0.15, 0.2) is 5.69 Å². The van der Waals surface area contributed by atoms with Crippen molar-refractivity contribution in [2.24, 2.45) is 0 Å². The van der Waals surface area contributed by atoms with Gasteiger partial charge in [-0.05, 0) is 13.0 Å². The number of hydrogen-bond acceptors (Lipinski definition) is 3. The van der Waals surface area contributed by atoms with Crippen molar-refractivity contribution < 1.29 is 9.90 Å². The Morgan fingerprint density at radius 3 is 2.75 bits per heavy atom. The standard InChI is InChI=1S/C11H8ClNO2S/c1-6-13-9(11(14)15)10(16-6)7-4-2-3-5-8(7)12/h2-5H,1H3,(H,14,15). The van der Waals surface area contributed by atoms with E-state index in [9.17, 15) is 4.79 Å². The Morgan fingerprint density at radius 1 is 1.44 bits per heavy atom. The third kappa shape index (κ3) is 1.94. The smallest absolute Gasteiger partial charge is 0.356 e. The molecule has 5 heteroatoms. The molecule has 82 valence electrons. The molecule has 0 amide bonds. The lowest BCUT2D eigenvalue weighted by molar-refractivity contribution is 0.0692. The van der Waals surface area contributed by atoms with Gasteiger partial charge in [0.25, 0.3) is 0 Å². The lowest BCUT2D eigenvalue weighted by Gasteiger charge is -2.01. The van der Waals surface area contributed by atoms with Crippen LogP contribution in [0.1, 0.15) is 15.5 Å². The van der Waals surface area contributed by atoms with E-state index in [0.29, 0.717) is 20.5 Å². The van der Waals surface area contributed by atoms with Crippen LogP contribution in [0.5, 0.6) is 0 Å². The van der Waals surface area contributed by atoms with Crippen molar-refractivity contribution >= 4 is 28.9 Å². The largest absolute Gasteiger partial charge is 0.476 e. The summed E-state index contributed by atoms with van der Waals surface area (Å²) >= 11 is 7.36. The fourth-order valence-electron chi connectivity index (χ4n) is 1.40. The zero-order chi connectivity index (χ0) is 11.7. The number of carboxylic acid groups (broad SMARTS) is 1. The number of thiazole rings is 1. The summed E-state index contributed by atoms with van der Waals surface area (Å²) in [5.41, 5.74) is 0.780. The van der Waals surface area contributed by atoms with Crippen LogP contribution < -0.4 is 0 Å². The first kappa shape index (κ1) is 11.1. The van der Waals surface area contributed by atoms with Crippen molar-refractivity contribution in [2.75, 3.05) is 0 Å². The molecule has 0 saturated heterocycles. The van der Waals surface area contributed by atoms with Crippen molar-refractivity contribution in [3.63, 3.8) is 0 Å². The predicted octanol–water partition coefficient (Wildman–Crippen LogP) is 3.47. The number of benzene rings is 1. The van der Waals surface area contributed by atoms with Crippen LogP contribution in [-0.2, 0) is 0 Å². The van der Waals surface area contributed by atoms with Gasteiger partial charge in [0.05, 0.1) is 9.88 Å². The maximum atomic E-state index is 11.0. The number of aromatic nitrogens is 1. The van der Waals surface area contributed by atoms with Crippen LogP contribution in [0, 0.1) is 6.92 Å². The fraction of sp³-hybridized carbons (Fsp3) is 0.0909. The highest BCUT2D eigenvalue weighted by Crippen LogP contribution is 2.34. The molecule has 2 aromatic rings. The molecule has 1 aromatic carbocycles. The van der Waals surface area contributed by atoms with E-state index >= 15 is 0 Å². The van der Waals surface area contributed by atoms with Gasteiger partial charge in [-0.25, -0.2) is 9.78 Å². The van der Waals surface area contributed by atoms with Crippen molar-refractivity contribution in [2.45, 2.75) is 6.92 Å². The summed E-state index contributed by atoms with van der Waals surface area (Å²) in [5, 5.41) is 10.3. The maximum Gasteiger partial charge on any atom is 0.356 e. The first-order chi connectivity index (χ1) is 7.59. The van der Waals surface area contributed by atoms with Gasteiger partial charge in [0, 0.05) is 10.6 Å². The van der Waals surface area contributed by atoms with E-state index in [1.807, 2.05) is 6.07 Å². The fourth-order valence-corrected chi connectivity index (χ4v) is 2.64. The second-order valence-corrected chi connectivity index (χ2v) is 4.81. The van der Waals surface area contributed by atoms with Crippen LogP contribution in [0.3, 0.4) is 0 Å². The molecule has 3 nitrogen and oxygen atoms in total. The van der Waals surface area contributed by atoms with Gasteiger partial charge in [0.2, 0.25) is 0 Å². The molecule has 0 aliphatic carbocycles. The summed E-state index contributed by atoms with van der Waals surface area (Å²) in [6.07, 6.45) is 0. The number of carboxylic acids is 1. The summed E-state index contributed by atoms with van der Waals surface area (Å²) in [7, 11) is 0. The van der Waals surface area contributed by atoms with Gasteiger partial charge in [-0.15, -0.1) is 11.3 Å². The van der Waals surface area contributed by atoms with E-state index in [2.05, 4.69) is 4.98 Å². The zero-order valence-electron chi connectivity index (χ0n) is 8.40. The van der Waals surface area contributed by atoms with Crippen molar-refractivity contribution in [3.05, 3.63) is 40.0 Å². The highest BCUT2D eigenvalue weighted by molar-refractivity contribution is 7.15. The molecule has 0 aliphatic rings. The Kier molecular flexibility index (Phi) is 2.94. The monoisotopic (exact) mass is 253 g/mol. The van der Waals surface area contributed by atoms with Crippen LogP contribution in [0.15, 0.2) is 24.3 Å². The number of hydrogen-bond donors (Lipinski definition) is 1. The van der Waals surface area contributed by atoms with Gasteiger partial charge >= 0.3 is 5.97 Å². The summed E-state index contributed by atoms with van der Waals surface area (Å²) in [6.45, 7) is 1.78. The van der Waals surface area contributed by atoms with Gasteiger partial charge < -0.3 is 5.11 Å². The highest BCUT2D eigenvalue weighted by Gasteiger charge is 2.18. The maximum absolute atomic E-state index is 11.0. The second-order valence-electron chi connectivity index (χ2n) is 3.20. The van der Waals surface area contributed by atoms with Gasteiger partial charge in [-0.2, -0.15) is 0 Å². The molecular weight excluding hydrogens is 246 g/mol. The molecule has 2 rings (SSSR count). The Hall–Kier alpha value is -1.39. The highest BCUT2D eigenvalue weighted by atomic mass is 35.5. The number of rotatable bonds is 2. The summed E-state index contributed by atoms with van der Waals surface area (Å²) in [6, 6.07) is 7.15. The molecule has 0 atom stereocenters. The number of nitrogens with zero attached hydrogens (tertiary/aromatic N) is 1. The zero-order valence-corrected chi connectivity index (χ0v) is 9.97. The lowest BCUT2D eigenvalue weighted by Crippen LogP contribution is -1.98. The van der Waals surface area contributed by atoms with E-state index in [1.54, 1.807) is 25.1 Å². The molecule has 0 spiro atoms. The van der Waals surface area contributed by atoms with Crippen molar-refractivity contribution in [1.82, 2.24) is 4.98 Å². The Labute approximate surface area is 101 Å². The molecule has 16 heavy (non-hydrogen) atoms. The van der Waals surface area contributed by atoms with Crippen LogP contribution in [0.4, 0.5) is 0 Å². The first-order valence-corrected chi connectivity index (χ1v) is 5.74. The number of aromatic carboxylic acids is 1. The predicted molar refractivity (Wildman–Crippen MR) is 64.3 cm³/mol. The molecule has 1 aromatic heterocycles. The molecular formula is C11H8ClNO2S. The molecule has 0 radical (unpaired) electrons. The Morgan fingerprint density at radius 2 is 2.12 bits per heavy atom. The third-order valence-electron chi connectivity index (χ3n) is 2.06. The summed E-state index contributed by atoms with van der Waals surface area (Å²) < 4.78 is 0. The summed E-state index contributed by atoms with van der Waals surface area (Å²) in [4.78, 5) is 15.6. The SMILES string of the molecule is Cc1nc(C(=O)O)c(-c2ccccc2Cl)s1. The molecule has 0 unspecified atom stereocenters. The van der Waals surface area contributed by atoms with Gasteiger partial charge in [0.1, 0.15) is 0 Å². The normalized spacial score (nSPS) is 10.4. The minimum Gasteiger partial charge on any atom is -0.476 e. The van der Waals surface area contributed by atoms with E-state index < -0.39 is 5.97 Å². The minimum absolute atomic E-state index is 0.0654. The second kappa shape index (κ2) is 4.23. The number of carbonyl (C=O) groups is 1. The Balaban J connectivity index is 2.64. The van der Waals surface area contributed by atoms with Crippen LogP contribution >= 0.6 is 22.9 Å². The van der Waals surface area contributed by atoms with Crippen molar-refractivity contribution in [1.29, 1.82) is 0 Å². The van der Waals surface area contributed by atoms with Crippen LogP contribution in [0.2, 0.25) is 5.02 Å². The van der Waals surface area contributed by atoms with Gasteiger partial charge in [-0.3, -0.25) is 0 Å². The molecule has 0 aliphatic heterocycles. The molecule has 0 fully saturated rings. The van der Waals surface area contributed by atoms with E-state index in [1.165, 1.54) is 11.3 Å². The van der Waals surface area contributed by atoms with Crippen LogP contribution in [-0.4, -0.2) is 16.1 Å². The topological polar surface area (TPSA) is 50.2 Å². The van der Waals surface area contributed by atoms with Crippen molar-refractivity contribution in [3.8, 4) is 10.4 Å². The summed E-state index contributed by atoms with van der Waals surface area (Å²) in [5.74, 6) is -1.03. The average molecular weight is 254 g/mol. The number of aryl methyl sites for hydroxylation is 1. The molecule has 1 heterocycles. The van der Waals surface area contributed by atoms with Crippen LogP contribution in [0.25, 0.3) is 10.4 Å². The lowest BCUT2D eigenvalue weighted by atomic mass is 10.1. The average Bonchev–Trinajstić information content (AvgIpc) is 2.61. The third-order valence-corrected chi connectivity index (χ3v) is 3.39. The Bertz CT molecular complexity index is 551. The molecule has 0 bridgehead atoms. The quantitative estimate of drug-likeness (QED) is 0.892. The van der Waals surface area contributed by atoms with E-state index in [-0.39, 0.29) is 5.69 Å². The van der Waals surface area contributed by atoms with E-state index in [4.69, 9.17) is 16.7 Å². The molecule has 0 saturated carbocycles. The number of halogens is 1. The minimum atomic E-state index is -1.03. The first-order valence-electron chi connectivity index (χ1n) is 4.55. The molecule has 1 N–H and O–H groups in total. The van der Waals surface area contributed by atoms with E-state index in [0.717, 1.165) is 0 Å². The van der Waals surface area contributed by atoms with Gasteiger partial charge in [-0.1, -0.05) is 29.8 Å².